The number of hydrogen-bond acceptors (Lipinski definition) is 2. The van der Waals surface area contributed by atoms with Crippen LogP contribution in [0.5, 0.6) is 0 Å². The summed E-state index contributed by atoms with van der Waals surface area (Å²) < 4.78 is 0. The Labute approximate surface area is 81.1 Å². The van der Waals surface area contributed by atoms with Crippen molar-refractivity contribution in [2.24, 2.45) is 11.1 Å². The standard InChI is InChI=1S/C10H22N2O/c1-5-10(3,4)7-12-9(13)6-8(2)11/h8H,5-7,11H2,1-4H3,(H,12,13). The predicted molar refractivity (Wildman–Crippen MR) is 55.3 cm³/mol. The van der Waals surface area contributed by atoms with Gasteiger partial charge in [0, 0.05) is 19.0 Å². The van der Waals surface area contributed by atoms with E-state index in [1.807, 2.05) is 6.92 Å². The highest BCUT2D eigenvalue weighted by Crippen LogP contribution is 2.17. The van der Waals surface area contributed by atoms with Gasteiger partial charge in [0.2, 0.25) is 5.91 Å². The van der Waals surface area contributed by atoms with Crippen LogP contribution < -0.4 is 11.1 Å². The van der Waals surface area contributed by atoms with Crippen LogP contribution in [-0.2, 0) is 4.79 Å². The number of carbonyl (C=O) groups excluding carboxylic acids is 1. The average Bonchev–Trinajstić information content (AvgIpc) is 2.00. The molecule has 0 aliphatic rings. The minimum Gasteiger partial charge on any atom is -0.356 e. The minimum atomic E-state index is -0.0512. The van der Waals surface area contributed by atoms with Crippen molar-refractivity contribution in [1.82, 2.24) is 5.32 Å². The maximum atomic E-state index is 11.2. The first-order chi connectivity index (χ1) is 5.87. The van der Waals surface area contributed by atoms with E-state index in [1.54, 1.807) is 0 Å². The normalized spacial score (nSPS) is 13.9. The largest absolute Gasteiger partial charge is 0.356 e. The monoisotopic (exact) mass is 186 g/mol. The molecule has 1 amide bonds. The molecule has 0 aromatic carbocycles. The Kier molecular flexibility index (Phi) is 4.99. The Morgan fingerprint density at radius 3 is 2.46 bits per heavy atom. The van der Waals surface area contributed by atoms with Crippen molar-refractivity contribution in [2.45, 2.75) is 46.6 Å². The lowest BCUT2D eigenvalue weighted by atomic mass is 9.90. The summed E-state index contributed by atoms with van der Waals surface area (Å²) in [6.07, 6.45) is 1.48. The van der Waals surface area contributed by atoms with Crippen LogP contribution in [0.2, 0.25) is 0 Å². The van der Waals surface area contributed by atoms with Gasteiger partial charge in [-0.15, -0.1) is 0 Å². The topological polar surface area (TPSA) is 55.1 Å². The molecule has 0 aromatic rings. The Balaban J connectivity index is 3.70. The smallest absolute Gasteiger partial charge is 0.221 e. The first-order valence-corrected chi connectivity index (χ1v) is 4.89. The zero-order chi connectivity index (χ0) is 10.5. The van der Waals surface area contributed by atoms with E-state index in [1.165, 1.54) is 0 Å². The molecule has 0 spiro atoms. The van der Waals surface area contributed by atoms with E-state index in [9.17, 15) is 4.79 Å². The quantitative estimate of drug-likeness (QED) is 0.679. The number of amides is 1. The molecule has 3 heteroatoms. The van der Waals surface area contributed by atoms with E-state index in [-0.39, 0.29) is 17.4 Å². The van der Waals surface area contributed by atoms with Gasteiger partial charge in [0.25, 0.3) is 0 Å². The second-order valence-electron chi connectivity index (χ2n) is 4.48. The fourth-order valence-electron chi connectivity index (χ4n) is 0.827. The zero-order valence-corrected chi connectivity index (χ0v) is 9.18. The summed E-state index contributed by atoms with van der Waals surface area (Å²) in [7, 11) is 0. The number of nitrogens with two attached hydrogens (primary N) is 1. The lowest BCUT2D eigenvalue weighted by Crippen LogP contribution is -2.36. The van der Waals surface area contributed by atoms with Crippen LogP contribution in [0.3, 0.4) is 0 Å². The van der Waals surface area contributed by atoms with Gasteiger partial charge >= 0.3 is 0 Å². The molecule has 0 saturated carbocycles. The highest BCUT2D eigenvalue weighted by atomic mass is 16.1. The van der Waals surface area contributed by atoms with Gasteiger partial charge in [-0.2, -0.15) is 0 Å². The molecule has 1 atom stereocenters. The van der Waals surface area contributed by atoms with Gasteiger partial charge in [0.1, 0.15) is 0 Å². The molecule has 3 N–H and O–H groups in total. The molecular formula is C10H22N2O. The van der Waals surface area contributed by atoms with E-state index >= 15 is 0 Å². The molecule has 1 unspecified atom stereocenters. The summed E-state index contributed by atoms with van der Waals surface area (Å²) in [4.78, 5) is 11.2. The molecule has 0 aromatic heterocycles. The van der Waals surface area contributed by atoms with Crippen LogP contribution in [0.1, 0.15) is 40.5 Å². The second-order valence-corrected chi connectivity index (χ2v) is 4.48. The predicted octanol–water partition coefficient (Wildman–Crippen LogP) is 1.28. The van der Waals surface area contributed by atoms with Gasteiger partial charge in [0.05, 0.1) is 0 Å². The SMILES string of the molecule is CCC(C)(C)CNC(=O)CC(C)N. The van der Waals surface area contributed by atoms with Crippen molar-refractivity contribution in [3.63, 3.8) is 0 Å². The molecule has 0 fully saturated rings. The van der Waals surface area contributed by atoms with Crippen LogP contribution >= 0.6 is 0 Å². The number of hydrogen-bond donors (Lipinski definition) is 2. The van der Waals surface area contributed by atoms with Crippen LogP contribution in [0.25, 0.3) is 0 Å². The Bertz CT molecular complexity index is 164. The van der Waals surface area contributed by atoms with Gasteiger partial charge in [0.15, 0.2) is 0 Å². The Morgan fingerprint density at radius 1 is 1.54 bits per heavy atom. The molecule has 3 nitrogen and oxygen atoms in total. The highest BCUT2D eigenvalue weighted by molar-refractivity contribution is 5.76. The first-order valence-electron chi connectivity index (χ1n) is 4.89. The number of nitrogens with one attached hydrogen (secondary N) is 1. The maximum absolute atomic E-state index is 11.2. The van der Waals surface area contributed by atoms with Crippen molar-refractivity contribution in [1.29, 1.82) is 0 Å². The molecule has 78 valence electrons. The van der Waals surface area contributed by atoms with Crippen molar-refractivity contribution < 1.29 is 4.79 Å². The van der Waals surface area contributed by atoms with E-state index in [0.29, 0.717) is 6.42 Å². The van der Waals surface area contributed by atoms with E-state index < -0.39 is 0 Å². The first kappa shape index (κ1) is 12.4. The zero-order valence-electron chi connectivity index (χ0n) is 9.18. The molecule has 13 heavy (non-hydrogen) atoms. The second kappa shape index (κ2) is 5.22. The molecule has 0 heterocycles. The Morgan fingerprint density at radius 2 is 2.08 bits per heavy atom. The maximum Gasteiger partial charge on any atom is 0.221 e. The third-order valence-corrected chi connectivity index (χ3v) is 2.23. The van der Waals surface area contributed by atoms with Crippen molar-refractivity contribution in [3.05, 3.63) is 0 Å². The van der Waals surface area contributed by atoms with Gasteiger partial charge in [-0.1, -0.05) is 20.8 Å². The summed E-state index contributed by atoms with van der Waals surface area (Å²) in [5.41, 5.74) is 5.69. The van der Waals surface area contributed by atoms with Crippen LogP contribution in [-0.4, -0.2) is 18.5 Å². The van der Waals surface area contributed by atoms with Crippen LogP contribution in [0.4, 0.5) is 0 Å². The molecule has 0 aliphatic heterocycles. The number of carbonyl (C=O) groups is 1. The molecular weight excluding hydrogens is 164 g/mol. The molecule has 0 aliphatic carbocycles. The van der Waals surface area contributed by atoms with E-state index in [4.69, 9.17) is 5.73 Å². The summed E-state index contributed by atoms with van der Waals surface area (Å²) in [5, 5.41) is 2.89. The fourth-order valence-corrected chi connectivity index (χ4v) is 0.827. The van der Waals surface area contributed by atoms with E-state index in [0.717, 1.165) is 13.0 Å². The summed E-state index contributed by atoms with van der Waals surface area (Å²) in [6, 6.07) is -0.0512. The van der Waals surface area contributed by atoms with Crippen molar-refractivity contribution in [3.8, 4) is 0 Å². The van der Waals surface area contributed by atoms with Gasteiger partial charge < -0.3 is 11.1 Å². The molecule has 0 saturated heterocycles. The van der Waals surface area contributed by atoms with Crippen molar-refractivity contribution in [2.75, 3.05) is 6.54 Å². The highest BCUT2D eigenvalue weighted by Gasteiger charge is 2.16. The number of rotatable bonds is 5. The minimum absolute atomic E-state index is 0.0512. The van der Waals surface area contributed by atoms with Gasteiger partial charge in [-0.05, 0) is 18.8 Å². The molecule has 0 radical (unpaired) electrons. The third kappa shape index (κ3) is 6.58. The average molecular weight is 186 g/mol. The summed E-state index contributed by atoms with van der Waals surface area (Å²) >= 11 is 0. The summed E-state index contributed by atoms with van der Waals surface area (Å²) in [6.45, 7) is 8.97. The van der Waals surface area contributed by atoms with E-state index in [2.05, 4.69) is 26.1 Å². The van der Waals surface area contributed by atoms with Gasteiger partial charge in [-0.3, -0.25) is 4.79 Å². The summed E-state index contributed by atoms with van der Waals surface area (Å²) in [5.74, 6) is 0.0523. The fraction of sp³-hybridized carbons (Fsp3) is 0.900. The lowest BCUT2D eigenvalue weighted by Gasteiger charge is -2.23. The van der Waals surface area contributed by atoms with Crippen LogP contribution in [0, 0.1) is 5.41 Å². The van der Waals surface area contributed by atoms with Crippen molar-refractivity contribution >= 4 is 5.91 Å². The lowest BCUT2D eigenvalue weighted by molar-refractivity contribution is -0.121. The third-order valence-electron chi connectivity index (χ3n) is 2.23. The molecule has 0 bridgehead atoms. The molecule has 0 rings (SSSR count). The Hall–Kier alpha value is -0.570. The van der Waals surface area contributed by atoms with Gasteiger partial charge in [-0.25, -0.2) is 0 Å². The van der Waals surface area contributed by atoms with Crippen LogP contribution in [0.15, 0.2) is 0 Å².